The van der Waals surface area contributed by atoms with Crippen LogP contribution in [0, 0.1) is 5.92 Å². The average molecular weight is 474 g/mol. The van der Waals surface area contributed by atoms with Crippen LogP contribution in [-0.2, 0) is 17.9 Å². The predicted octanol–water partition coefficient (Wildman–Crippen LogP) is 3.25. The van der Waals surface area contributed by atoms with Crippen LogP contribution in [0.25, 0.3) is 0 Å². The summed E-state index contributed by atoms with van der Waals surface area (Å²) in [6.07, 6.45) is 3.01. The van der Waals surface area contributed by atoms with E-state index < -0.39 is 11.4 Å². The van der Waals surface area contributed by atoms with Gasteiger partial charge in [-0.1, -0.05) is 44.5 Å². The lowest BCUT2D eigenvalue weighted by Crippen LogP contribution is -2.64. The Morgan fingerprint density at radius 3 is 2.55 bits per heavy atom. The standard InChI is InChI=1S/C24H32ClN5O3/c1-5-12-30-22(32)20-19(21(31)27-13-17-6-8-18(25)9-7-17)28-15-29(20)14-24(30,4)23(33)26-11-10-16(2)3/h6-9,15-16H,5,10-14H2,1-4H3,(H,26,33)(H,27,31)/t24-/m0/s1. The Bertz CT molecular complexity index is 1020. The summed E-state index contributed by atoms with van der Waals surface area (Å²) in [4.78, 5) is 45.3. The fourth-order valence-electron chi connectivity index (χ4n) is 3.96. The maximum Gasteiger partial charge on any atom is 0.273 e. The van der Waals surface area contributed by atoms with Crippen LogP contribution in [0.5, 0.6) is 0 Å². The SMILES string of the molecule is CCCN1C(=O)c2c(C(=O)NCc3ccc(Cl)cc3)ncn2C[C@@]1(C)C(=O)NCCC(C)C. The number of carbonyl (C=O) groups is 3. The molecule has 1 aliphatic rings. The summed E-state index contributed by atoms with van der Waals surface area (Å²) in [6.45, 7) is 9.39. The minimum atomic E-state index is -1.06. The topological polar surface area (TPSA) is 96.3 Å². The van der Waals surface area contributed by atoms with Crippen molar-refractivity contribution < 1.29 is 14.4 Å². The minimum Gasteiger partial charge on any atom is -0.354 e. The molecule has 3 rings (SSSR count). The highest BCUT2D eigenvalue weighted by atomic mass is 35.5. The monoisotopic (exact) mass is 473 g/mol. The number of fused-ring (bicyclic) bond motifs is 1. The van der Waals surface area contributed by atoms with Crippen LogP contribution < -0.4 is 10.6 Å². The second-order valence-corrected chi connectivity index (χ2v) is 9.48. The number of imidazole rings is 1. The molecule has 0 spiro atoms. The van der Waals surface area contributed by atoms with E-state index in [4.69, 9.17) is 11.6 Å². The molecule has 0 saturated carbocycles. The molecule has 2 N–H and O–H groups in total. The van der Waals surface area contributed by atoms with Crippen LogP contribution >= 0.6 is 11.6 Å². The summed E-state index contributed by atoms with van der Waals surface area (Å²) >= 11 is 5.91. The minimum absolute atomic E-state index is 0.0670. The van der Waals surface area contributed by atoms with Crippen molar-refractivity contribution in [1.82, 2.24) is 25.1 Å². The summed E-state index contributed by atoms with van der Waals surface area (Å²) in [7, 11) is 0. The lowest BCUT2D eigenvalue weighted by molar-refractivity contribution is -0.132. The Kier molecular flexibility index (Phi) is 7.79. The van der Waals surface area contributed by atoms with Crippen molar-refractivity contribution in [2.24, 2.45) is 5.92 Å². The molecule has 0 unspecified atom stereocenters. The van der Waals surface area contributed by atoms with Gasteiger partial charge in [-0.3, -0.25) is 14.4 Å². The highest BCUT2D eigenvalue weighted by Gasteiger charge is 2.48. The summed E-state index contributed by atoms with van der Waals surface area (Å²) < 4.78 is 1.62. The third-order valence-corrected chi connectivity index (χ3v) is 6.14. The normalized spacial score (nSPS) is 17.8. The van der Waals surface area contributed by atoms with Crippen molar-refractivity contribution in [2.75, 3.05) is 13.1 Å². The predicted molar refractivity (Wildman–Crippen MR) is 127 cm³/mol. The summed E-state index contributed by atoms with van der Waals surface area (Å²) in [5.74, 6) is -0.530. The van der Waals surface area contributed by atoms with Gasteiger partial charge in [0.15, 0.2) is 5.69 Å². The van der Waals surface area contributed by atoms with E-state index in [1.165, 1.54) is 6.33 Å². The molecule has 1 aromatic heterocycles. The zero-order chi connectivity index (χ0) is 24.2. The van der Waals surface area contributed by atoms with Crippen molar-refractivity contribution in [3.8, 4) is 0 Å². The Balaban J connectivity index is 1.81. The molecule has 0 fully saturated rings. The van der Waals surface area contributed by atoms with Crippen molar-refractivity contribution in [3.63, 3.8) is 0 Å². The van der Waals surface area contributed by atoms with Gasteiger partial charge in [0.25, 0.3) is 11.8 Å². The molecule has 0 aliphatic carbocycles. The Morgan fingerprint density at radius 1 is 1.21 bits per heavy atom. The van der Waals surface area contributed by atoms with Crippen molar-refractivity contribution in [1.29, 1.82) is 0 Å². The maximum absolute atomic E-state index is 13.5. The third-order valence-electron chi connectivity index (χ3n) is 5.88. The van der Waals surface area contributed by atoms with Crippen LogP contribution in [0.4, 0.5) is 0 Å². The fourth-order valence-corrected chi connectivity index (χ4v) is 4.09. The van der Waals surface area contributed by atoms with Crippen LogP contribution in [-0.4, -0.2) is 50.8 Å². The molecule has 0 saturated heterocycles. The molecule has 3 amide bonds. The Morgan fingerprint density at radius 2 is 1.91 bits per heavy atom. The molecule has 178 valence electrons. The first-order valence-corrected chi connectivity index (χ1v) is 11.7. The van der Waals surface area contributed by atoms with Crippen LogP contribution in [0.2, 0.25) is 5.02 Å². The number of halogens is 1. The van der Waals surface area contributed by atoms with Crippen LogP contribution in [0.15, 0.2) is 30.6 Å². The quantitative estimate of drug-likeness (QED) is 0.584. The second-order valence-electron chi connectivity index (χ2n) is 9.05. The van der Waals surface area contributed by atoms with Gasteiger partial charge in [-0.15, -0.1) is 0 Å². The molecule has 0 bridgehead atoms. The first-order valence-electron chi connectivity index (χ1n) is 11.4. The fraction of sp³-hybridized carbons (Fsp3) is 0.500. The van der Waals surface area contributed by atoms with Gasteiger partial charge in [0.05, 0.1) is 12.9 Å². The first kappa shape index (κ1) is 24.8. The van der Waals surface area contributed by atoms with E-state index in [9.17, 15) is 14.4 Å². The van der Waals surface area contributed by atoms with E-state index in [0.29, 0.717) is 30.5 Å². The molecule has 2 aromatic rings. The molecule has 1 atom stereocenters. The van der Waals surface area contributed by atoms with Gasteiger partial charge in [0.2, 0.25) is 5.91 Å². The molecule has 8 nitrogen and oxygen atoms in total. The molecule has 1 aliphatic heterocycles. The summed E-state index contributed by atoms with van der Waals surface area (Å²) in [5.41, 5.74) is 0.0988. The van der Waals surface area contributed by atoms with E-state index in [0.717, 1.165) is 12.0 Å². The van der Waals surface area contributed by atoms with E-state index in [1.54, 1.807) is 28.5 Å². The van der Waals surface area contributed by atoms with E-state index in [2.05, 4.69) is 29.5 Å². The van der Waals surface area contributed by atoms with Crippen LogP contribution in [0.3, 0.4) is 0 Å². The highest BCUT2D eigenvalue weighted by Crippen LogP contribution is 2.29. The molecule has 9 heteroatoms. The van der Waals surface area contributed by atoms with Gasteiger partial charge >= 0.3 is 0 Å². The van der Waals surface area contributed by atoms with Crippen molar-refractivity contribution >= 4 is 29.3 Å². The number of carbonyl (C=O) groups excluding carboxylic acids is 3. The van der Waals surface area contributed by atoms with Crippen LogP contribution in [0.1, 0.15) is 67.1 Å². The van der Waals surface area contributed by atoms with Gasteiger partial charge in [0.1, 0.15) is 11.2 Å². The number of nitrogens with one attached hydrogen (secondary N) is 2. The molecular formula is C24H32ClN5O3. The number of hydrogen-bond donors (Lipinski definition) is 2. The lowest BCUT2D eigenvalue weighted by atomic mass is 9.93. The van der Waals surface area contributed by atoms with Gasteiger partial charge in [0, 0.05) is 24.7 Å². The number of benzene rings is 1. The number of rotatable bonds is 9. The number of hydrogen-bond acceptors (Lipinski definition) is 4. The Hall–Kier alpha value is -2.87. The molecule has 1 aromatic carbocycles. The number of amides is 3. The number of aromatic nitrogens is 2. The summed E-state index contributed by atoms with van der Waals surface area (Å²) in [6, 6.07) is 7.15. The highest BCUT2D eigenvalue weighted by molar-refractivity contribution is 6.30. The van der Waals surface area contributed by atoms with Gasteiger partial charge < -0.3 is 20.1 Å². The first-order chi connectivity index (χ1) is 15.7. The third kappa shape index (κ3) is 5.38. The van der Waals surface area contributed by atoms with E-state index in [-0.39, 0.29) is 36.3 Å². The average Bonchev–Trinajstić information content (AvgIpc) is 3.19. The van der Waals surface area contributed by atoms with Gasteiger partial charge in [-0.25, -0.2) is 4.98 Å². The van der Waals surface area contributed by atoms with E-state index in [1.807, 2.05) is 19.1 Å². The van der Waals surface area contributed by atoms with Crippen molar-refractivity contribution in [2.45, 2.75) is 59.2 Å². The maximum atomic E-state index is 13.5. The molecule has 2 heterocycles. The smallest absolute Gasteiger partial charge is 0.273 e. The number of nitrogens with zero attached hydrogens (tertiary/aromatic N) is 3. The molecular weight excluding hydrogens is 442 g/mol. The summed E-state index contributed by atoms with van der Waals surface area (Å²) in [5, 5.41) is 6.41. The largest absolute Gasteiger partial charge is 0.354 e. The zero-order valence-corrected chi connectivity index (χ0v) is 20.4. The van der Waals surface area contributed by atoms with Gasteiger partial charge in [-0.05, 0) is 43.4 Å². The molecule has 33 heavy (non-hydrogen) atoms. The Labute approximate surface area is 199 Å². The molecule has 0 radical (unpaired) electrons. The van der Waals surface area contributed by atoms with E-state index >= 15 is 0 Å². The van der Waals surface area contributed by atoms with Gasteiger partial charge in [-0.2, -0.15) is 0 Å². The van der Waals surface area contributed by atoms with Crippen molar-refractivity contribution in [3.05, 3.63) is 52.6 Å². The second kappa shape index (κ2) is 10.4. The zero-order valence-electron chi connectivity index (χ0n) is 19.7. The lowest BCUT2D eigenvalue weighted by Gasteiger charge is -2.43.